The highest BCUT2D eigenvalue weighted by Crippen LogP contribution is 2.43. The minimum Gasteiger partial charge on any atom is -0.503 e. The van der Waals surface area contributed by atoms with Gasteiger partial charge in [0.25, 0.3) is 5.91 Å². The lowest BCUT2D eigenvalue weighted by molar-refractivity contribution is -0.130. The fourth-order valence-corrected chi connectivity index (χ4v) is 3.80. The Morgan fingerprint density at radius 1 is 1.03 bits per heavy atom. The van der Waals surface area contributed by atoms with Crippen molar-refractivity contribution in [2.45, 2.75) is 19.5 Å². The third kappa shape index (κ3) is 3.66. The normalized spacial score (nSPS) is 16.3. The number of carbonyl (C=O) groups excluding carboxylic acids is 1. The smallest absolute Gasteiger partial charge is 0.290 e. The van der Waals surface area contributed by atoms with E-state index < -0.39 is 11.9 Å². The molecule has 0 saturated heterocycles. The van der Waals surface area contributed by atoms with Gasteiger partial charge in [-0.2, -0.15) is 0 Å². The van der Waals surface area contributed by atoms with Gasteiger partial charge in [-0.1, -0.05) is 54.1 Å². The Labute approximate surface area is 174 Å². The van der Waals surface area contributed by atoms with E-state index in [2.05, 4.69) is 0 Å². The van der Waals surface area contributed by atoms with Gasteiger partial charge in [0.1, 0.15) is 11.6 Å². The number of benzene rings is 3. The summed E-state index contributed by atoms with van der Waals surface area (Å²) in [5.41, 5.74) is 3.78. The summed E-state index contributed by atoms with van der Waals surface area (Å²) in [7, 11) is 1.59. The van der Waals surface area contributed by atoms with Crippen molar-refractivity contribution in [3.8, 4) is 5.75 Å². The van der Waals surface area contributed by atoms with Crippen LogP contribution in [-0.2, 0) is 11.3 Å². The molecule has 1 heterocycles. The molecule has 4 nitrogen and oxygen atoms in total. The Bertz CT molecular complexity index is 1100. The highest BCUT2D eigenvalue weighted by molar-refractivity contribution is 6.05. The molecule has 1 aliphatic rings. The Morgan fingerprint density at radius 3 is 2.37 bits per heavy atom. The number of hydrogen-bond acceptors (Lipinski definition) is 3. The van der Waals surface area contributed by atoms with Gasteiger partial charge in [-0.3, -0.25) is 4.79 Å². The van der Waals surface area contributed by atoms with Crippen LogP contribution in [0.15, 0.2) is 78.6 Å². The largest absolute Gasteiger partial charge is 0.503 e. The molecular weight excluding hydrogens is 381 g/mol. The molecule has 0 spiro atoms. The molecule has 0 bridgehead atoms. The summed E-state index contributed by atoms with van der Waals surface area (Å²) in [6.07, 6.45) is 0. The Morgan fingerprint density at radius 2 is 1.73 bits per heavy atom. The number of methoxy groups -OCH3 is 1. The second kappa shape index (κ2) is 8.03. The molecule has 1 aliphatic heterocycles. The van der Waals surface area contributed by atoms with Crippen LogP contribution in [0.4, 0.5) is 4.39 Å². The predicted octanol–water partition coefficient (Wildman–Crippen LogP) is 5.20. The molecule has 0 radical (unpaired) electrons. The Kier molecular flexibility index (Phi) is 5.27. The van der Waals surface area contributed by atoms with Crippen molar-refractivity contribution in [1.82, 2.24) is 4.90 Å². The molecule has 3 aromatic carbocycles. The molecule has 1 amide bonds. The van der Waals surface area contributed by atoms with E-state index in [1.54, 1.807) is 24.1 Å². The molecule has 0 aliphatic carbocycles. The molecule has 1 N–H and O–H groups in total. The minimum atomic E-state index is -0.599. The van der Waals surface area contributed by atoms with E-state index >= 15 is 0 Å². The summed E-state index contributed by atoms with van der Waals surface area (Å²) in [6, 6.07) is 20.5. The molecule has 0 aromatic heterocycles. The number of aryl methyl sites for hydroxylation is 1. The van der Waals surface area contributed by atoms with E-state index in [1.165, 1.54) is 12.1 Å². The second-order valence-electron chi connectivity index (χ2n) is 7.37. The lowest BCUT2D eigenvalue weighted by Gasteiger charge is -2.27. The van der Waals surface area contributed by atoms with Crippen molar-refractivity contribution < 1.29 is 19.0 Å². The highest BCUT2D eigenvalue weighted by Gasteiger charge is 2.41. The molecular formula is C25H22FNO3. The van der Waals surface area contributed by atoms with Gasteiger partial charge in [0.15, 0.2) is 5.76 Å². The number of halogens is 1. The van der Waals surface area contributed by atoms with Crippen LogP contribution in [0.5, 0.6) is 5.75 Å². The first-order valence-electron chi connectivity index (χ1n) is 9.67. The first kappa shape index (κ1) is 19.7. The van der Waals surface area contributed by atoms with Crippen LogP contribution in [0.25, 0.3) is 5.57 Å². The summed E-state index contributed by atoms with van der Waals surface area (Å²) in [5.74, 6) is -0.453. The number of amides is 1. The van der Waals surface area contributed by atoms with Gasteiger partial charge < -0.3 is 14.7 Å². The van der Waals surface area contributed by atoms with Gasteiger partial charge in [0, 0.05) is 12.1 Å². The van der Waals surface area contributed by atoms with E-state index in [0.29, 0.717) is 11.1 Å². The summed E-state index contributed by atoms with van der Waals surface area (Å²) >= 11 is 0. The topological polar surface area (TPSA) is 49.8 Å². The molecule has 0 saturated carbocycles. The van der Waals surface area contributed by atoms with Crippen molar-refractivity contribution in [1.29, 1.82) is 0 Å². The van der Waals surface area contributed by atoms with Gasteiger partial charge in [-0.15, -0.1) is 0 Å². The fourth-order valence-electron chi connectivity index (χ4n) is 3.80. The highest BCUT2D eigenvalue weighted by atomic mass is 19.1. The minimum absolute atomic E-state index is 0.267. The molecule has 0 unspecified atom stereocenters. The zero-order valence-corrected chi connectivity index (χ0v) is 16.8. The number of aliphatic hydroxyl groups excluding tert-OH is 1. The molecule has 30 heavy (non-hydrogen) atoms. The quantitative estimate of drug-likeness (QED) is 0.637. The average molecular weight is 403 g/mol. The monoisotopic (exact) mass is 403 g/mol. The van der Waals surface area contributed by atoms with Crippen LogP contribution in [0.2, 0.25) is 0 Å². The van der Waals surface area contributed by atoms with Gasteiger partial charge in [-0.25, -0.2) is 4.39 Å². The SMILES string of the molecule is COc1ccc(CN2C(=O)C(O)=C(c3ccc(C)cc3)[C@@H]2c2cccc(F)c2)cc1. The number of rotatable bonds is 5. The van der Waals surface area contributed by atoms with Crippen LogP contribution in [0.3, 0.4) is 0 Å². The molecule has 1 atom stereocenters. The summed E-state index contributed by atoms with van der Waals surface area (Å²) in [5, 5.41) is 10.8. The summed E-state index contributed by atoms with van der Waals surface area (Å²) in [6.45, 7) is 2.24. The van der Waals surface area contributed by atoms with Crippen LogP contribution >= 0.6 is 0 Å². The zero-order valence-electron chi connectivity index (χ0n) is 16.8. The molecule has 152 valence electrons. The third-order valence-corrected chi connectivity index (χ3v) is 5.34. The van der Waals surface area contributed by atoms with Crippen molar-refractivity contribution in [2.75, 3.05) is 7.11 Å². The van der Waals surface area contributed by atoms with E-state index in [4.69, 9.17) is 4.74 Å². The molecule has 5 heteroatoms. The average Bonchev–Trinajstić information content (AvgIpc) is 3.00. The van der Waals surface area contributed by atoms with Crippen molar-refractivity contribution in [3.63, 3.8) is 0 Å². The lowest BCUT2D eigenvalue weighted by Crippen LogP contribution is -2.29. The fraction of sp³-hybridized carbons (Fsp3) is 0.160. The maximum atomic E-state index is 14.0. The Balaban J connectivity index is 1.78. The van der Waals surface area contributed by atoms with E-state index in [9.17, 15) is 14.3 Å². The third-order valence-electron chi connectivity index (χ3n) is 5.34. The van der Waals surface area contributed by atoms with Crippen LogP contribution in [0, 0.1) is 12.7 Å². The van der Waals surface area contributed by atoms with Gasteiger partial charge >= 0.3 is 0 Å². The first-order valence-corrected chi connectivity index (χ1v) is 9.67. The summed E-state index contributed by atoms with van der Waals surface area (Å²) in [4.78, 5) is 14.6. The first-order chi connectivity index (χ1) is 14.5. The van der Waals surface area contributed by atoms with Crippen molar-refractivity contribution in [3.05, 3.63) is 107 Å². The van der Waals surface area contributed by atoms with E-state index in [1.807, 2.05) is 55.5 Å². The van der Waals surface area contributed by atoms with E-state index in [0.717, 1.165) is 22.4 Å². The number of aliphatic hydroxyl groups is 1. The Hall–Kier alpha value is -3.60. The van der Waals surface area contributed by atoms with Crippen molar-refractivity contribution >= 4 is 11.5 Å². The van der Waals surface area contributed by atoms with Crippen LogP contribution in [0.1, 0.15) is 28.3 Å². The number of hydrogen-bond donors (Lipinski definition) is 1. The lowest BCUT2D eigenvalue weighted by atomic mass is 9.93. The molecule has 0 fully saturated rings. The maximum absolute atomic E-state index is 14.0. The standard InChI is InChI=1S/C25H22FNO3/c1-16-6-10-18(11-7-16)22-23(19-4-3-5-20(26)14-19)27(25(29)24(22)28)15-17-8-12-21(30-2)13-9-17/h3-14,23,28H,15H2,1-2H3/t23-/m0/s1. The van der Waals surface area contributed by atoms with Gasteiger partial charge in [0.2, 0.25) is 0 Å². The van der Waals surface area contributed by atoms with Crippen LogP contribution in [-0.4, -0.2) is 23.0 Å². The van der Waals surface area contributed by atoms with Gasteiger partial charge in [-0.05, 0) is 47.9 Å². The molecule has 3 aromatic rings. The summed E-state index contributed by atoms with van der Waals surface area (Å²) < 4.78 is 19.2. The maximum Gasteiger partial charge on any atom is 0.290 e. The zero-order chi connectivity index (χ0) is 21.3. The van der Waals surface area contributed by atoms with Gasteiger partial charge in [0.05, 0.1) is 13.2 Å². The number of ether oxygens (including phenoxy) is 1. The number of carbonyl (C=O) groups is 1. The van der Waals surface area contributed by atoms with Crippen molar-refractivity contribution in [2.24, 2.45) is 0 Å². The second-order valence-corrected chi connectivity index (χ2v) is 7.37. The number of nitrogens with zero attached hydrogens (tertiary/aromatic N) is 1. The predicted molar refractivity (Wildman–Crippen MR) is 113 cm³/mol. The molecule has 4 rings (SSSR count). The van der Waals surface area contributed by atoms with E-state index in [-0.39, 0.29) is 18.1 Å². The van der Waals surface area contributed by atoms with Crippen LogP contribution < -0.4 is 4.74 Å².